The van der Waals surface area contributed by atoms with Gasteiger partial charge in [0.1, 0.15) is 5.75 Å². The minimum atomic E-state index is -0.257. The summed E-state index contributed by atoms with van der Waals surface area (Å²) in [5, 5.41) is 2.75. The van der Waals surface area contributed by atoms with Crippen molar-refractivity contribution in [2.24, 2.45) is 0 Å². The van der Waals surface area contributed by atoms with Crippen molar-refractivity contribution < 1.29 is 14.3 Å². The van der Waals surface area contributed by atoms with Gasteiger partial charge in [-0.15, -0.1) is 0 Å². The van der Waals surface area contributed by atoms with Crippen molar-refractivity contribution in [3.63, 3.8) is 0 Å². The molecule has 1 amide bonds. The molecule has 3 aromatic carbocycles. The molecule has 0 saturated carbocycles. The van der Waals surface area contributed by atoms with E-state index in [0.717, 1.165) is 5.56 Å². The first-order valence-corrected chi connectivity index (χ1v) is 8.31. The van der Waals surface area contributed by atoms with E-state index in [4.69, 9.17) is 4.74 Å². The van der Waals surface area contributed by atoms with Gasteiger partial charge >= 0.3 is 0 Å². The Morgan fingerprint density at radius 2 is 1.42 bits per heavy atom. The van der Waals surface area contributed by atoms with Gasteiger partial charge in [0, 0.05) is 16.8 Å². The third kappa shape index (κ3) is 4.57. The highest BCUT2D eigenvalue weighted by Gasteiger charge is 2.09. The lowest BCUT2D eigenvalue weighted by atomic mass is 10.0. The van der Waals surface area contributed by atoms with Crippen molar-refractivity contribution in [3.8, 4) is 5.75 Å². The molecule has 3 aromatic rings. The molecule has 0 spiro atoms. The molecule has 0 bridgehead atoms. The molecule has 0 radical (unpaired) electrons. The van der Waals surface area contributed by atoms with Gasteiger partial charge < -0.3 is 10.1 Å². The molecule has 3 rings (SSSR count). The Hall–Kier alpha value is -3.40. The quantitative estimate of drug-likeness (QED) is 0.680. The van der Waals surface area contributed by atoms with Crippen LogP contribution in [-0.2, 0) is 4.79 Å². The average Bonchev–Trinajstić information content (AvgIpc) is 2.68. The van der Waals surface area contributed by atoms with Crippen LogP contribution >= 0.6 is 0 Å². The van der Waals surface area contributed by atoms with Crippen LogP contribution in [0.1, 0.15) is 21.5 Å². The summed E-state index contributed by atoms with van der Waals surface area (Å²) in [5.41, 5.74) is 2.96. The van der Waals surface area contributed by atoms with Crippen LogP contribution in [0.2, 0.25) is 0 Å². The number of hydrogen-bond acceptors (Lipinski definition) is 3. The molecule has 130 valence electrons. The van der Waals surface area contributed by atoms with Crippen molar-refractivity contribution in [2.75, 3.05) is 11.9 Å². The number of hydrogen-bond donors (Lipinski definition) is 1. The lowest BCUT2D eigenvalue weighted by Gasteiger charge is -2.08. The van der Waals surface area contributed by atoms with Gasteiger partial charge in [0.15, 0.2) is 12.4 Å². The van der Waals surface area contributed by atoms with Crippen molar-refractivity contribution in [1.82, 2.24) is 0 Å². The van der Waals surface area contributed by atoms with Crippen LogP contribution in [0, 0.1) is 6.92 Å². The zero-order chi connectivity index (χ0) is 18.4. The molecule has 0 aliphatic rings. The van der Waals surface area contributed by atoms with Crippen LogP contribution in [0.5, 0.6) is 5.75 Å². The number of aryl methyl sites for hydroxylation is 1. The predicted molar refractivity (Wildman–Crippen MR) is 102 cm³/mol. The molecular formula is C22H19NO3. The third-order valence-corrected chi connectivity index (χ3v) is 3.86. The summed E-state index contributed by atoms with van der Waals surface area (Å²) >= 11 is 0. The monoisotopic (exact) mass is 345 g/mol. The number of rotatable bonds is 6. The van der Waals surface area contributed by atoms with Crippen LogP contribution < -0.4 is 10.1 Å². The summed E-state index contributed by atoms with van der Waals surface area (Å²) in [6.45, 7) is 1.91. The van der Waals surface area contributed by atoms with Gasteiger partial charge in [-0.1, -0.05) is 48.0 Å². The average molecular weight is 345 g/mol. The van der Waals surface area contributed by atoms with E-state index >= 15 is 0 Å². The first-order chi connectivity index (χ1) is 12.6. The fraction of sp³-hybridized carbons (Fsp3) is 0.0909. The summed E-state index contributed by atoms with van der Waals surface area (Å²) in [6, 6.07) is 23.4. The lowest BCUT2D eigenvalue weighted by molar-refractivity contribution is -0.118. The van der Waals surface area contributed by atoms with Gasteiger partial charge in [-0.05, 0) is 43.3 Å². The first kappa shape index (κ1) is 17.4. The number of anilines is 1. The molecule has 4 nitrogen and oxygen atoms in total. The van der Waals surface area contributed by atoms with E-state index in [1.807, 2.05) is 49.4 Å². The van der Waals surface area contributed by atoms with Crippen LogP contribution in [-0.4, -0.2) is 18.3 Å². The second-order valence-corrected chi connectivity index (χ2v) is 5.92. The van der Waals surface area contributed by atoms with Gasteiger partial charge in [0.25, 0.3) is 5.91 Å². The molecule has 0 fully saturated rings. The standard InChI is InChI=1S/C22H19NO3/c1-16-7-13-20(14-8-16)26-15-21(24)23-19-11-9-18(10-12-19)22(25)17-5-3-2-4-6-17/h2-14H,15H2,1H3,(H,23,24). The van der Waals surface area contributed by atoms with E-state index in [-0.39, 0.29) is 18.3 Å². The topological polar surface area (TPSA) is 55.4 Å². The fourth-order valence-electron chi connectivity index (χ4n) is 2.44. The molecule has 1 N–H and O–H groups in total. The fourth-order valence-corrected chi connectivity index (χ4v) is 2.44. The predicted octanol–water partition coefficient (Wildman–Crippen LogP) is 4.24. The molecular weight excluding hydrogens is 326 g/mol. The van der Waals surface area contributed by atoms with E-state index < -0.39 is 0 Å². The molecule has 0 saturated heterocycles. The first-order valence-electron chi connectivity index (χ1n) is 8.31. The Labute approximate surface area is 152 Å². The summed E-state index contributed by atoms with van der Waals surface area (Å²) in [5.74, 6) is 0.341. The van der Waals surface area contributed by atoms with Crippen molar-refractivity contribution in [1.29, 1.82) is 0 Å². The van der Waals surface area contributed by atoms with E-state index in [0.29, 0.717) is 22.6 Å². The zero-order valence-corrected chi connectivity index (χ0v) is 14.4. The van der Waals surface area contributed by atoms with Gasteiger partial charge in [-0.25, -0.2) is 0 Å². The SMILES string of the molecule is Cc1ccc(OCC(=O)Nc2ccc(C(=O)c3ccccc3)cc2)cc1. The number of carbonyl (C=O) groups is 2. The maximum absolute atomic E-state index is 12.4. The number of carbonyl (C=O) groups excluding carboxylic acids is 2. The highest BCUT2D eigenvalue weighted by molar-refractivity contribution is 6.09. The van der Waals surface area contributed by atoms with Crippen LogP contribution in [0.25, 0.3) is 0 Å². The van der Waals surface area contributed by atoms with Crippen molar-refractivity contribution in [3.05, 3.63) is 95.6 Å². The Bertz CT molecular complexity index is 885. The molecule has 4 heteroatoms. The van der Waals surface area contributed by atoms with Crippen LogP contribution in [0.3, 0.4) is 0 Å². The number of ketones is 1. The van der Waals surface area contributed by atoms with E-state index in [1.165, 1.54) is 0 Å². The van der Waals surface area contributed by atoms with Crippen molar-refractivity contribution in [2.45, 2.75) is 6.92 Å². The third-order valence-electron chi connectivity index (χ3n) is 3.86. The Morgan fingerprint density at radius 3 is 2.08 bits per heavy atom. The van der Waals surface area contributed by atoms with Gasteiger partial charge in [-0.3, -0.25) is 9.59 Å². The van der Waals surface area contributed by atoms with Crippen molar-refractivity contribution >= 4 is 17.4 Å². The second-order valence-electron chi connectivity index (χ2n) is 5.92. The van der Waals surface area contributed by atoms with E-state index in [2.05, 4.69) is 5.32 Å². The highest BCUT2D eigenvalue weighted by Crippen LogP contribution is 2.15. The van der Waals surface area contributed by atoms with Gasteiger partial charge in [0.05, 0.1) is 0 Å². The second kappa shape index (κ2) is 8.12. The minimum absolute atomic E-state index is 0.0498. The largest absolute Gasteiger partial charge is 0.484 e. The summed E-state index contributed by atoms with van der Waals surface area (Å²) in [6.07, 6.45) is 0. The smallest absolute Gasteiger partial charge is 0.262 e. The summed E-state index contributed by atoms with van der Waals surface area (Å²) in [7, 11) is 0. The highest BCUT2D eigenvalue weighted by atomic mass is 16.5. The lowest BCUT2D eigenvalue weighted by Crippen LogP contribution is -2.20. The molecule has 0 atom stereocenters. The maximum atomic E-state index is 12.4. The number of amides is 1. The number of ether oxygens (including phenoxy) is 1. The maximum Gasteiger partial charge on any atom is 0.262 e. The Morgan fingerprint density at radius 1 is 0.808 bits per heavy atom. The van der Waals surface area contributed by atoms with Crippen LogP contribution in [0.15, 0.2) is 78.9 Å². The Balaban J connectivity index is 1.56. The summed E-state index contributed by atoms with van der Waals surface area (Å²) < 4.78 is 5.45. The molecule has 0 aliphatic heterocycles. The molecule has 0 aromatic heterocycles. The Kier molecular flexibility index (Phi) is 5.44. The van der Waals surface area contributed by atoms with E-state index in [1.54, 1.807) is 36.4 Å². The minimum Gasteiger partial charge on any atom is -0.484 e. The van der Waals surface area contributed by atoms with Gasteiger partial charge in [0.2, 0.25) is 0 Å². The zero-order valence-electron chi connectivity index (χ0n) is 14.4. The number of nitrogens with one attached hydrogen (secondary N) is 1. The van der Waals surface area contributed by atoms with Crippen LogP contribution in [0.4, 0.5) is 5.69 Å². The molecule has 0 heterocycles. The van der Waals surface area contributed by atoms with E-state index in [9.17, 15) is 9.59 Å². The number of benzene rings is 3. The van der Waals surface area contributed by atoms with Gasteiger partial charge in [-0.2, -0.15) is 0 Å². The molecule has 26 heavy (non-hydrogen) atoms. The molecule has 0 aliphatic carbocycles. The normalized spacial score (nSPS) is 10.2. The molecule has 0 unspecified atom stereocenters. The summed E-state index contributed by atoms with van der Waals surface area (Å²) in [4.78, 5) is 24.3.